The average molecular weight is 590 g/mol. The highest BCUT2D eigenvalue weighted by atomic mass is 32.2. The summed E-state index contributed by atoms with van der Waals surface area (Å²) in [6.45, 7) is 0. The van der Waals surface area contributed by atoms with Crippen LogP contribution >= 0.6 is 23.5 Å². The van der Waals surface area contributed by atoms with Gasteiger partial charge in [0.2, 0.25) is 0 Å². The van der Waals surface area contributed by atoms with E-state index in [9.17, 15) is 0 Å². The van der Waals surface area contributed by atoms with Crippen molar-refractivity contribution in [1.82, 2.24) is 9.97 Å². The topological polar surface area (TPSA) is 29.0 Å². The molecule has 206 valence electrons. The van der Waals surface area contributed by atoms with Crippen LogP contribution in [-0.2, 0) is 0 Å². The van der Waals surface area contributed by atoms with Crippen molar-refractivity contribution in [3.8, 4) is 11.4 Å². The van der Waals surface area contributed by atoms with Crippen molar-refractivity contribution in [3.05, 3.63) is 149 Å². The van der Waals surface area contributed by atoms with E-state index in [-0.39, 0.29) is 12.0 Å². The van der Waals surface area contributed by atoms with Crippen LogP contribution in [0.15, 0.2) is 147 Å². The molecular weight excluding hydrogens is 563 g/mol. The predicted molar refractivity (Wildman–Crippen MR) is 181 cm³/mol. The summed E-state index contributed by atoms with van der Waals surface area (Å²) in [6.07, 6.45) is 13.6. The maximum Gasteiger partial charge on any atom is 0.162 e. The number of anilines is 2. The highest BCUT2D eigenvalue weighted by molar-refractivity contribution is 8.11. The molecular formula is C38H27N3S2. The molecule has 0 N–H and O–H groups in total. The van der Waals surface area contributed by atoms with E-state index in [4.69, 9.17) is 9.97 Å². The predicted octanol–water partition coefficient (Wildman–Crippen LogP) is 10.3. The van der Waals surface area contributed by atoms with Gasteiger partial charge < -0.3 is 4.90 Å². The zero-order valence-corrected chi connectivity index (χ0v) is 25.0. The Kier molecular flexibility index (Phi) is 5.95. The van der Waals surface area contributed by atoms with E-state index in [1.807, 2.05) is 29.6 Å². The van der Waals surface area contributed by atoms with Crippen LogP contribution in [0.1, 0.15) is 30.0 Å². The highest BCUT2D eigenvalue weighted by Gasteiger charge is 2.42. The monoisotopic (exact) mass is 589 g/mol. The molecule has 0 spiro atoms. The molecule has 0 saturated heterocycles. The Morgan fingerprint density at radius 2 is 1.51 bits per heavy atom. The van der Waals surface area contributed by atoms with Crippen molar-refractivity contribution in [2.24, 2.45) is 0 Å². The minimum atomic E-state index is 0.115. The highest BCUT2D eigenvalue weighted by Crippen LogP contribution is 2.58. The van der Waals surface area contributed by atoms with E-state index in [0.717, 1.165) is 35.7 Å². The molecule has 0 bridgehead atoms. The number of hydrogen-bond acceptors (Lipinski definition) is 5. The summed E-state index contributed by atoms with van der Waals surface area (Å²) in [5.74, 6) is 1.94. The van der Waals surface area contributed by atoms with E-state index >= 15 is 0 Å². The van der Waals surface area contributed by atoms with Crippen molar-refractivity contribution in [3.63, 3.8) is 0 Å². The molecule has 0 saturated carbocycles. The lowest BCUT2D eigenvalue weighted by Gasteiger charge is -2.32. The minimum absolute atomic E-state index is 0.115. The van der Waals surface area contributed by atoms with Crippen LogP contribution in [-0.4, -0.2) is 16.0 Å². The Hall–Kier alpha value is -4.32. The molecule has 3 nitrogen and oxygen atoms in total. The van der Waals surface area contributed by atoms with Crippen molar-refractivity contribution >= 4 is 51.4 Å². The molecule has 2 atom stereocenters. The van der Waals surface area contributed by atoms with Crippen LogP contribution in [0.25, 0.3) is 27.7 Å². The average Bonchev–Trinajstić information content (AvgIpc) is 3.40. The third-order valence-corrected chi connectivity index (χ3v) is 11.3. The molecule has 5 heteroatoms. The van der Waals surface area contributed by atoms with E-state index in [1.54, 1.807) is 0 Å². The van der Waals surface area contributed by atoms with Gasteiger partial charge in [-0.3, -0.25) is 0 Å². The van der Waals surface area contributed by atoms with Gasteiger partial charge in [-0.1, -0.05) is 121 Å². The van der Waals surface area contributed by atoms with E-state index in [2.05, 4.69) is 126 Å². The normalized spacial score (nSPS) is 20.0. The summed E-state index contributed by atoms with van der Waals surface area (Å²) in [4.78, 5) is 18.3. The molecule has 0 radical (unpaired) electrons. The first kappa shape index (κ1) is 25.2. The second kappa shape index (κ2) is 10.1. The molecule has 2 unspecified atom stereocenters. The summed E-state index contributed by atoms with van der Waals surface area (Å²) in [5.41, 5.74) is 5.92. The van der Waals surface area contributed by atoms with Crippen molar-refractivity contribution in [1.29, 1.82) is 0 Å². The second-order valence-electron chi connectivity index (χ2n) is 11.3. The smallest absolute Gasteiger partial charge is 0.162 e. The third-order valence-electron chi connectivity index (χ3n) is 8.73. The molecule has 3 heterocycles. The summed E-state index contributed by atoms with van der Waals surface area (Å²) >= 11 is 3.79. The summed E-state index contributed by atoms with van der Waals surface area (Å²) in [5, 5.41) is 2.59. The Morgan fingerprint density at radius 3 is 2.33 bits per heavy atom. The van der Waals surface area contributed by atoms with Crippen molar-refractivity contribution < 1.29 is 0 Å². The van der Waals surface area contributed by atoms with Gasteiger partial charge in [-0.15, -0.1) is 0 Å². The third kappa shape index (κ3) is 4.21. The minimum Gasteiger partial charge on any atom is -0.318 e. The first-order valence-corrected chi connectivity index (χ1v) is 16.4. The summed E-state index contributed by atoms with van der Waals surface area (Å²) in [6, 6.07) is 34.9. The second-order valence-corrected chi connectivity index (χ2v) is 13.4. The standard InChI is InChI=1S/C38H27N3S2/c1-3-12-25(13-4-1)29-22-36(40-38(39-29)26-14-5-2-6-15-26)41-30-20-19-24-11-7-8-16-27(24)37(30)28-21-34-35(23-31(28)41)43-33-18-10-9-17-32(33)42-34/h1-3,5-12,14-23,28,31H,4,13H2. The lowest BCUT2D eigenvalue weighted by molar-refractivity contribution is 0.736. The van der Waals surface area contributed by atoms with Gasteiger partial charge >= 0.3 is 0 Å². The van der Waals surface area contributed by atoms with Gasteiger partial charge in [0.15, 0.2) is 5.82 Å². The number of thioether (sulfide) groups is 2. The molecule has 9 rings (SSSR count). The Balaban J connectivity index is 1.27. The Labute approximate surface area is 259 Å². The number of nitrogens with zero attached hydrogens (tertiary/aromatic N) is 3. The number of benzene rings is 4. The molecule has 5 aromatic rings. The Bertz CT molecular complexity index is 2060. The molecule has 1 aromatic heterocycles. The summed E-state index contributed by atoms with van der Waals surface area (Å²) in [7, 11) is 0. The number of hydrogen-bond donors (Lipinski definition) is 0. The fraction of sp³-hybridized carbons (Fsp3) is 0.105. The molecule has 4 aromatic carbocycles. The molecule has 2 aliphatic heterocycles. The van der Waals surface area contributed by atoms with E-state index < -0.39 is 0 Å². The zero-order valence-electron chi connectivity index (χ0n) is 23.4. The lowest BCUT2D eigenvalue weighted by atomic mass is 9.88. The van der Waals surface area contributed by atoms with Gasteiger partial charge in [0.25, 0.3) is 0 Å². The number of fused-ring (bicyclic) bond motifs is 7. The maximum atomic E-state index is 5.30. The summed E-state index contributed by atoms with van der Waals surface area (Å²) < 4.78 is 0. The molecule has 2 aliphatic carbocycles. The fourth-order valence-electron chi connectivity index (χ4n) is 6.73. The molecule has 0 fully saturated rings. The molecule has 0 amide bonds. The van der Waals surface area contributed by atoms with Gasteiger partial charge in [-0.05, 0) is 59.0 Å². The van der Waals surface area contributed by atoms with Crippen LogP contribution in [0, 0.1) is 0 Å². The van der Waals surface area contributed by atoms with Gasteiger partial charge in [0.1, 0.15) is 5.82 Å². The quantitative estimate of drug-likeness (QED) is 0.209. The Morgan fingerprint density at radius 1 is 0.744 bits per heavy atom. The van der Waals surface area contributed by atoms with Gasteiger partial charge in [0.05, 0.1) is 11.7 Å². The van der Waals surface area contributed by atoms with Crippen molar-refractivity contribution in [2.75, 3.05) is 4.90 Å². The zero-order chi connectivity index (χ0) is 28.3. The van der Waals surface area contributed by atoms with E-state index in [1.165, 1.54) is 47.2 Å². The van der Waals surface area contributed by atoms with Crippen LogP contribution in [0.4, 0.5) is 11.5 Å². The lowest BCUT2D eigenvalue weighted by Crippen LogP contribution is -2.31. The van der Waals surface area contributed by atoms with Crippen LogP contribution in [0.3, 0.4) is 0 Å². The molecule has 43 heavy (non-hydrogen) atoms. The van der Waals surface area contributed by atoms with Crippen molar-refractivity contribution in [2.45, 2.75) is 34.6 Å². The largest absolute Gasteiger partial charge is 0.318 e. The molecule has 4 aliphatic rings. The van der Waals surface area contributed by atoms with Crippen LogP contribution < -0.4 is 4.90 Å². The van der Waals surface area contributed by atoms with Crippen LogP contribution in [0.5, 0.6) is 0 Å². The number of allylic oxidation sites excluding steroid dienone is 4. The van der Waals surface area contributed by atoms with Gasteiger partial charge in [0, 0.05) is 42.8 Å². The first-order chi connectivity index (χ1) is 21.3. The van der Waals surface area contributed by atoms with Gasteiger partial charge in [-0.25, -0.2) is 9.97 Å². The van der Waals surface area contributed by atoms with E-state index in [0.29, 0.717) is 0 Å². The van der Waals surface area contributed by atoms with Gasteiger partial charge in [-0.2, -0.15) is 0 Å². The fourth-order valence-corrected chi connectivity index (χ4v) is 9.10. The first-order valence-electron chi connectivity index (χ1n) is 14.8. The van der Waals surface area contributed by atoms with Crippen LogP contribution in [0.2, 0.25) is 0 Å². The number of aromatic nitrogens is 2. The number of rotatable bonds is 3. The SMILES string of the molecule is C1=CCCC(c2cc(N3c4ccc5ccccc5c4C4C=C5Sc6ccccc6SC5=CC43)nc(-c3ccccc3)n2)=C1. The maximum absolute atomic E-state index is 5.30.